The van der Waals surface area contributed by atoms with Crippen molar-refractivity contribution in [1.82, 2.24) is 14.7 Å². The SMILES string of the molecule is CCN1CCCC(O)(c2c(Br)cnn2C)CC1. The average molecular weight is 302 g/mol. The number of halogens is 1. The maximum absolute atomic E-state index is 10.9. The summed E-state index contributed by atoms with van der Waals surface area (Å²) in [5.74, 6) is 0. The maximum Gasteiger partial charge on any atom is 0.109 e. The Kier molecular flexibility index (Phi) is 3.90. The highest BCUT2D eigenvalue weighted by molar-refractivity contribution is 9.10. The summed E-state index contributed by atoms with van der Waals surface area (Å²) < 4.78 is 2.69. The standard InChI is InChI=1S/C12H20BrN3O/c1-3-16-7-4-5-12(17,6-8-16)11-10(13)9-14-15(11)2/h9,17H,3-8H2,1-2H3. The van der Waals surface area contributed by atoms with Gasteiger partial charge in [0.2, 0.25) is 0 Å². The maximum atomic E-state index is 10.9. The molecule has 1 aliphatic heterocycles. The molecule has 0 radical (unpaired) electrons. The lowest BCUT2D eigenvalue weighted by atomic mass is 9.91. The van der Waals surface area contributed by atoms with Crippen molar-refractivity contribution in [3.05, 3.63) is 16.4 Å². The fraction of sp³-hybridized carbons (Fsp3) is 0.750. The molecule has 96 valence electrons. The van der Waals surface area contributed by atoms with Crippen LogP contribution < -0.4 is 0 Å². The number of rotatable bonds is 2. The molecule has 2 heterocycles. The Bertz CT molecular complexity index is 374. The van der Waals surface area contributed by atoms with E-state index < -0.39 is 5.60 Å². The van der Waals surface area contributed by atoms with Gasteiger partial charge < -0.3 is 10.0 Å². The zero-order valence-corrected chi connectivity index (χ0v) is 12.1. The zero-order valence-electron chi connectivity index (χ0n) is 10.5. The van der Waals surface area contributed by atoms with Gasteiger partial charge in [0.15, 0.2) is 0 Å². The van der Waals surface area contributed by atoms with Gasteiger partial charge in [-0.3, -0.25) is 4.68 Å². The Labute approximate surface area is 111 Å². The predicted molar refractivity (Wildman–Crippen MR) is 70.8 cm³/mol. The molecule has 0 spiro atoms. The smallest absolute Gasteiger partial charge is 0.109 e. The predicted octanol–water partition coefficient (Wildman–Crippen LogP) is 1.88. The van der Waals surface area contributed by atoms with E-state index in [0.717, 1.165) is 49.1 Å². The molecular formula is C12H20BrN3O. The lowest BCUT2D eigenvalue weighted by Gasteiger charge is -2.27. The first-order chi connectivity index (χ1) is 8.07. The van der Waals surface area contributed by atoms with Crippen molar-refractivity contribution in [3.63, 3.8) is 0 Å². The number of likely N-dealkylation sites (tertiary alicyclic amines) is 1. The number of hydrogen-bond donors (Lipinski definition) is 1. The monoisotopic (exact) mass is 301 g/mol. The van der Waals surface area contributed by atoms with Crippen molar-refractivity contribution in [2.45, 2.75) is 31.8 Å². The minimum absolute atomic E-state index is 0.742. The molecule has 17 heavy (non-hydrogen) atoms. The van der Waals surface area contributed by atoms with Crippen LogP contribution in [0.25, 0.3) is 0 Å². The van der Waals surface area contributed by atoms with Crippen molar-refractivity contribution in [3.8, 4) is 0 Å². The molecule has 5 heteroatoms. The second-order valence-corrected chi connectivity index (χ2v) is 5.64. The molecule has 1 unspecified atom stereocenters. The van der Waals surface area contributed by atoms with Gasteiger partial charge in [0, 0.05) is 13.6 Å². The van der Waals surface area contributed by atoms with Crippen molar-refractivity contribution >= 4 is 15.9 Å². The van der Waals surface area contributed by atoms with E-state index in [-0.39, 0.29) is 0 Å². The van der Waals surface area contributed by atoms with E-state index in [4.69, 9.17) is 0 Å². The summed E-state index contributed by atoms with van der Waals surface area (Å²) >= 11 is 3.49. The quantitative estimate of drug-likeness (QED) is 0.907. The lowest BCUT2D eigenvalue weighted by Crippen LogP contribution is -2.31. The molecule has 1 aromatic rings. The summed E-state index contributed by atoms with van der Waals surface area (Å²) in [6.45, 7) is 5.26. The van der Waals surface area contributed by atoms with E-state index >= 15 is 0 Å². The van der Waals surface area contributed by atoms with E-state index in [2.05, 4.69) is 32.9 Å². The first kappa shape index (κ1) is 13.1. The molecule has 0 bridgehead atoms. The molecule has 1 aliphatic rings. The molecule has 1 aromatic heterocycles. The molecular weight excluding hydrogens is 282 g/mol. The van der Waals surface area contributed by atoms with Crippen LogP contribution in [0.1, 0.15) is 31.9 Å². The zero-order chi connectivity index (χ0) is 12.5. The molecule has 0 aliphatic carbocycles. The van der Waals surface area contributed by atoms with Crippen molar-refractivity contribution in [2.75, 3.05) is 19.6 Å². The molecule has 1 saturated heterocycles. The molecule has 1 atom stereocenters. The van der Waals surface area contributed by atoms with Gasteiger partial charge >= 0.3 is 0 Å². The minimum Gasteiger partial charge on any atom is -0.383 e. The largest absolute Gasteiger partial charge is 0.383 e. The summed E-state index contributed by atoms with van der Waals surface area (Å²) in [7, 11) is 1.89. The van der Waals surface area contributed by atoms with Gasteiger partial charge in [0.25, 0.3) is 0 Å². The fourth-order valence-corrected chi connectivity index (χ4v) is 3.38. The van der Waals surface area contributed by atoms with Crippen LogP contribution >= 0.6 is 15.9 Å². The van der Waals surface area contributed by atoms with Crippen LogP contribution in [-0.4, -0.2) is 39.4 Å². The van der Waals surface area contributed by atoms with Gasteiger partial charge in [0.05, 0.1) is 16.4 Å². The molecule has 0 saturated carbocycles. The topological polar surface area (TPSA) is 41.3 Å². The summed E-state index contributed by atoms with van der Waals surface area (Å²) in [4.78, 5) is 2.39. The van der Waals surface area contributed by atoms with E-state index in [1.807, 2.05) is 7.05 Å². The summed E-state index contributed by atoms with van der Waals surface area (Å²) in [6.07, 6.45) is 4.37. The molecule has 0 amide bonds. The third kappa shape index (κ3) is 2.56. The van der Waals surface area contributed by atoms with Gasteiger partial charge in [0.1, 0.15) is 5.60 Å². The van der Waals surface area contributed by atoms with Crippen LogP contribution in [0.15, 0.2) is 10.7 Å². The number of hydrogen-bond acceptors (Lipinski definition) is 3. The average Bonchev–Trinajstić information content (AvgIpc) is 2.53. The highest BCUT2D eigenvalue weighted by Crippen LogP contribution is 2.36. The van der Waals surface area contributed by atoms with Crippen LogP contribution in [-0.2, 0) is 12.6 Å². The minimum atomic E-state index is -0.742. The van der Waals surface area contributed by atoms with Gasteiger partial charge in [-0.15, -0.1) is 0 Å². The Morgan fingerprint density at radius 2 is 2.24 bits per heavy atom. The molecule has 1 fully saturated rings. The van der Waals surface area contributed by atoms with Gasteiger partial charge in [-0.1, -0.05) is 6.92 Å². The Morgan fingerprint density at radius 1 is 1.47 bits per heavy atom. The summed E-state index contributed by atoms with van der Waals surface area (Å²) in [5, 5.41) is 15.1. The Balaban J connectivity index is 2.24. The summed E-state index contributed by atoms with van der Waals surface area (Å²) in [5.41, 5.74) is 0.170. The van der Waals surface area contributed by atoms with Gasteiger partial charge in [-0.2, -0.15) is 5.10 Å². The van der Waals surface area contributed by atoms with Crippen molar-refractivity contribution < 1.29 is 5.11 Å². The molecule has 2 rings (SSSR count). The van der Waals surface area contributed by atoms with Crippen LogP contribution in [0, 0.1) is 0 Å². The normalized spacial score (nSPS) is 27.1. The van der Waals surface area contributed by atoms with Gasteiger partial charge in [-0.05, 0) is 48.3 Å². The molecule has 4 nitrogen and oxygen atoms in total. The number of aromatic nitrogens is 2. The lowest BCUT2D eigenvalue weighted by molar-refractivity contribution is 0.0128. The van der Waals surface area contributed by atoms with Crippen molar-refractivity contribution in [2.24, 2.45) is 7.05 Å². The second-order valence-electron chi connectivity index (χ2n) is 4.78. The second kappa shape index (κ2) is 5.08. The van der Waals surface area contributed by atoms with E-state index in [1.165, 1.54) is 0 Å². The fourth-order valence-electron chi connectivity index (χ4n) is 2.66. The van der Waals surface area contributed by atoms with E-state index in [0.29, 0.717) is 0 Å². The first-order valence-electron chi connectivity index (χ1n) is 6.19. The first-order valence-corrected chi connectivity index (χ1v) is 6.99. The number of nitrogens with zero attached hydrogens (tertiary/aromatic N) is 3. The summed E-state index contributed by atoms with van der Waals surface area (Å²) in [6, 6.07) is 0. The third-order valence-electron chi connectivity index (χ3n) is 3.69. The van der Waals surface area contributed by atoms with Gasteiger partial charge in [-0.25, -0.2) is 0 Å². The molecule has 0 aromatic carbocycles. The van der Waals surface area contributed by atoms with Crippen LogP contribution in [0.3, 0.4) is 0 Å². The number of aryl methyl sites for hydroxylation is 1. The number of aliphatic hydroxyl groups is 1. The van der Waals surface area contributed by atoms with Crippen LogP contribution in [0.5, 0.6) is 0 Å². The Morgan fingerprint density at radius 3 is 2.82 bits per heavy atom. The highest BCUT2D eigenvalue weighted by atomic mass is 79.9. The highest BCUT2D eigenvalue weighted by Gasteiger charge is 2.35. The molecule has 1 N–H and O–H groups in total. The van der Waals surface area contributed by atoms with E-state index in [1.54, 1.807) is 10.9 Å². The third-order valence-corrected chi connectivity index (χ3v) is 4.27. The van der Waals surface area contributed by atoms with E-state index in [9.17, 15) is 5.11 Å². The van der Waals surface area contributed by atoms with Crippen molar-refractivity contribution in [1.29, 1.82) is 0 Å². The Hall–Kier alpha value is -0.390. The van der Waals surface area contributed by atoms with Crippen LogP contribution in [0.2, 0.25) is 0 Å². The van der Waals surface area contributed by atoms with Crippen LogP contribution in [0.4, 0.5) is 0 Å².